The molecule has 0 aliphatic heterocycles. The molecule has 0 N–H and O–H groups in total. The van der Waals surface area contributed by atoms with Gasteiger partial charge in [0, 0.05) is 24.5 Å². The van der Waals surface area contributed by atoms with Crippen LogP contribution < -0.4 is 0 Å². The van der Waals surface area contributed by atoms with Crippen molar-refractivity contribution in [1.29, 1.82) is 0 Å². The van der Waals surface area contributed by atoms with Crippen LogP contribution in [0.25, 0.3) is 0 Å². The maximum atomic E-state index is 12.7. The fourth-order valence-corrected chi connectivity index (χ4v) is 3.86. The molecule has 3 nitrogen and oxygen atoms in total. The van der Waals surface area contributed by atoms with E-state index in [1.807, 2.05) is 18.2 Å². The van der Waals surface area contributed by atoms with Gasteiger partial charge in [0.25, 0.3) is 0 Å². The molecule has 2 aromatic rings. The van der Waals surface area contributed by atoms with E-state index in [4.69, 9.17) is 23.2 Å². The Bertz CT molecular complexity index is 732. The quantitative estimate of drug-likeness (QED) is 0.772. The molecule has 0 atom stereocenters. The van der Waals surface area contributed by atoms with E-state index in [1.54, 1.807) is 30.3 Å². The van der Waals surface area contributed by atoms with Crippen LogP contribution in [0, 0.1) is 0 Å². The van der Waals surface area contributed by atoms with Crippen molar-refractivity contribution in [3.63, 3.8) is 0 Å². The van der Waals surface area contributed by atoms with E-state index >= 15 is 0 Å². The van der Waals surface area contributed by atoms with E-state index in [0.717, 1.165) is 5.56 Å². The predicted octanol–water partition coefficient (Wildman–Crippen LogP) is 3.90. The number of sulfonamides is 1. The first-order chi connectivity index (χ1) is 9.96. The first-order valence-corrected chi connectivity index (χ1v) is 8.65. The minimum Gasteiger partial charge on any atom is -0.207 e. The number of benzene rings is 2. The van der Waals surface area contributed by atoms with Crippen LogP contribution >= 0.6 is 23.2 Å². The number of alkyl halides is 1. The van der Waals surface area contributed by atoms with Crippen LogP contribution in [0.4, 0.5) is 0 Å². The third kappa shape index (κ3) is 3.58. The van der Waals surface area contributed by atoms with Gasteiger partial charge < -0.3 is 0 Å². The SMILES string of the molecule is CN(Cc1ccccc1Cl)S(=O)(=O)c1ccccc1CCl. The Morgan fingerprint density at radius 2 is 1.57 bits per heavy atom. The molecule has 0 spiro atoms. The summed E-state index contributed by atoms with van der Waals surface area (Å²) in [5, 5.41) is 0.546. The van der Waals surface area contributed by atoms with E-state index in [-0.39, 0.29) is 17.3 Å². The van der Waals surface area contributed by atoms with Crippen molar-refractivity contribution < 1.29 is 8.42 Å². The molecule has 0 unspecified atom stereocenters. The van der Waals surface area contributed by atoms with Gasteiger partial charge in [-0.15, -0.1) is 11.6 Å². The lowest BCUT2D eigenvalue weighted by molar-refractivity contribution is 0.466. The Labute approximate surface area is 135 Å². The van der Waals surface area contributed by atoms with Gasteiger partial charge in [0.05, 0.1) is 4.90 Å². The van der Waals surface area contributed by atoms with Gasteiger partial charge in [-0.05, 0) is 23.3 Å². The van der Waals surface area contributed by atoms with Crippen molar-refractivity contribution in [3.05, 3.63) is 64.7 Å². The Morgan fingerprint density at radius 3 is 2.19 bits per heavy atom. The lowest BCUT2D eigenvalue weighted by Gasteiger charge is -2.19. The maximum absolute atomic E-state index is 12.7. The molecule has 0 aromatic heterocycles. The third-order valence-electron chi connectivity index (χ3n) is 3.16. The molecular weight excluding hydrogens is 329 g/mol. The molecule has 0 saturated carbocycles. The summed E-state index contributed by atoms with van der Waals surface area (Å²) in [6.45, 7) is 0.207. The van der Waals surface area contributed by atoms with E-state index in [1.165, 1.54) is 11.4 Å². The van der Waals surface area contributed by atoms with Crippen LogP contribution in [0.1, 0.15) is 11.1 Å². The van der Waals surface area contributed by atoms with Crippen LogP contribution in [-0.2, 0) is 22.4 Å². The second-order valence-electron chi connectivity index (χ2n) is 4.59. The molecule has 0 saturated heterocycles. The van der Waals surface area contributed by atoms with Crippen molar-refractivity contribution in [1.82, 2.24) is 4.31 Å². The number of nitrogens with zero attached hydrogens (tertiary/aromatic N) is 1. The lowest BCUT2D eigenvalue weighted by Crippen LogP contribution is -2.27. The molecule has 6 heteroatoms. The lowest BCUT2D eigenvalue weighted by atomic mass is 10.2. The van der Waals surface area contributed by atoms with E-state index in [0.29, 0.717) is 10.6 Å². The second kappa shape index (κ2) is 6.79. The summed E-state index contributed by atoms with van der Waals surface area (Å²) in [6.07, 6.45) is 0. The summed E-state index contributed by atoms with van der Waals surface area (Å²) in [5.41, 5.74) is 1.35. The molecule has 2 aromatic carbocycles. The highest BCUT2D eigenvalue weighted by Crippen LogP contribution is 2.24. The fourth-order valence-electron chi connectivity index (χ4n) is 1.99. The highest BCUT2D eigenvalue weighted by atomic mass is 35.5. The summed E-state index contributed by atoms with van der Waals surface area (Å²) >= 11 is 11.9. The van der Waals surface area contributed by atoms with Crippen LogP contribution in [0.5, 0.6) is 0 Å². The maximum Gasteiger partial charge on any atom is 0.243 e. The zero-order valence-corrected chi connectivity index (χ0v) is 13.8. The topological polar surface area (TPSA) is 37.4 Å². The Morgan fingerprint density at radius 1 is 1.00 bits per heavy atom. The van der Waals surface area contributed by atoms with Crippen LogP contribution in [0.15, 0.2) is 53.4 Å². The van der Waals surface area contributed by atoms with Gasteiger partial charge in [-0.3, -0.25) is 0 Å². The third-order valence-corrected chi connectivity index (χ3v) is 5.72. The van der Waals surface area contributed by atoms with E-state index in [9.17, 15) is 8.42 Å². The van der Waals surface area contributed by atoms with Crippen molar-refractivity contribution in [2.24, 2.45) is 0 Å². The summed E-state index contributed by atoms with van der Waals surface area (Å²) < 4.78 is 26.6. The minimum atomic E-state index is -3.61. The number of hydrogen-bond donors (Lipinski definition) is 0. The highest BCUT2D eigenvalue weighted by molar-refractivity contribution is 7.89. The fraction of sp³-hybridized carbons (Fsp3) is 0.200. The first-order valence-electron chi connectivity index (χ1n) is 6.30. The first kappa shape index (κ1) is 16.3. The van der Waals surface area contributed by atoms with Gasteiger partial charge in [-0.2, -0.15) is 4.31 Å². The summed E-state index contributed by atoms with van der Waals surface area (Å²) in [7, 11) is -2.08. The Hall–Kier alpha value is -1.07. The molecular formula is C15H15Cl2NO2S. The second-order valence-corrected chi connectivity index (χ2v) is 7.28. The highest BCUT2D eigenvalue weighted by Gasteiger charge is 2.23. The van der Waals surface area contributed by atoms with Crippen LogP contribution in [0.2, 0.25) is 5.02 Å². The predicted molar refractivity (Wildman–Crippen MR) is 86.1 cm³/mol. The van der Waals surface area contributed by atoms with Crippen molar-refractivity contribution >= 4 is 33.2 Å². The number of rotatable bonds is 5. The van der Waals surface area contributed by atoms with Gasteiger partial charge in [0.15, 0.2) is 0 Å². The van der Waals surface area contributed by atoms with Crippen molar-refractivity contribution in [2.75, 3.05) is 7.05 Å². The Kier molecular flexibility index (Phi) is 5.27. The van der Waals surface area contributed by atoms with Gasteiger partial charge in [0.2, 0.25) is 10.0 Å². The normalized spacial score (nSPS) is 11.8. The van der Waals surface area contributed by atoms with E-state index in [2.05, 4.69) is 0 Å². The summed E-state index contributed by atoms with van der Waals surface area (Å²) in [4.78, 5) is 0.231. The summed E-state index contributed by atoms with van der Waals surface area (Å²) in [5.74, 6) is 0.148. The molecule has 0 amide bonds. The van der Waals surface area contributed by atoms with Crippen LogP contribution in [0.3, 0.4) is 0 Å². The molecule has 2 rings (SSSR count). The van der Waals surface area contributed by atoms with Gasteiger partial charge >= 0.3 is 0 Å². The summed E-state index contributed by atoms with van der Waals surface area (Å²) in [6, 6.07) is 13.9. The number of hydrogen-bond acceptors (Lipinski definition) is 2. The average Bonchev–Trinajstić information content (AvgIpc) is 2.49. The molecule has 0 bridgehead atoms. The monoisotopic (exact) mass is 343 g/mol. The zero-order valence-electron chi connectivity index (χ0n) is 11.5. The molecule has 112 valence electrons. The van der Waals surface area contributed by atoms with Crippen molar-refractivity contribution in [3.8, 4) is 0 Å². The largest absolute Gasteiger partial charge is 0.243 e. The molecule has 0 fully saturated rings. The molecule has 0 radical (unpaired) electrons. The zero-order chi connectivity index (χ0) is 15.5. The smallest absolute Gasteiger partial charge is 0.207 e. The average molecular weight is 344 g/mol. The van der Waals surface area contributed by atoms with Gasteiger partial charge in [0.1, 0.15) is 0 Å². The molecule has 0 heterocycles. The minimum absolute atomic E-state index is 0.148. The van der Waals surface area contributed by atoms with Gasteiger partial charge in [-0.1, -0.05) is 48.0 Å². The Balaban J connectivity index is 2.33. The molecule has 21 heavy (non-hydrogen) atoms. The van der Waals surface area contributed by atoms with Crippen molar-refractivity contribution in [2.45, 2.75) is 17.3 Å². The molecule has 0 aliphatic carbocycles. The molecule has 0 aliphatic rings. The van der Waals surface area contributed by atoms with E-state index < -0.39 is 10.0 Å². The van der Waals surface area contributed by atoms with Crippen LogP contribution in [-0.4, -0.2) is 19.8 Å². The number of halogens is 2. The van der Waals surface area contributed by atoms with Gasteiger partial charge in [-0.25, -0.2) is 8.42 Å². The standard InChI is InChI=1S/C15H15Cl2NO2S/c1-18(11-13-7-2-4-8-14(13)17)21(19,20)15-9-5-3-6-12(15)10-16/h2-9H,10-11H2,1H3.